The first-order valence-electron chi connectivity index (χ1n) is 7.18. The number of hydrogen-bond acceptors (Lipinski definition) is 5. The van der Waals surface area contributed by atoms with E-state index < -0.39 is 11.6 Å². The molecule has 0 heterocycles. The molecule has 120 valence electrons. The molecule has 0 radical (unpaired) electrons. The van der Waals surface area contributed by atoms with E-state index in [0.29, 0.717) is 16.9 Å². The van der Waals surface area contributed by atoms with Crippen LogP contribution in [0.25, 0.3) is 5.76 Å². The Kier molecular flexibility index (Phi) is 5.48. The van der Waals surface area contributed by atoms with Gasteiger partial charge in [-0.05, 0) is 18.2 Å². The Morgan fingerprint density at radius 2 is 1.96 bits per heavy atom. The van der Waals surface area contributed by atoms with Crippen molar-refractivity contribution < 1.29 is 19.4 Å². The first kappa shape index (κ1) is 17.0. The van der Waals surface area contributed by atoms with Crippen molar-refractivity contribution in [1.29, 1.82) is 5.26 Å². The molecule has 0 saturated heterocycles. The molecule has 2 rings (SSSR count). The quantitative estimate of drug-likeness (QED) is 0.501. The van der Waals surface area contributed by atoms with Crippen molar-refractivity contribution in [3.63, 3.8) is 0 Å². The number of carbonyl (C=O) groups is 2. The Bertz CT molecular complexity index is 846. The number of nitrogens with zero attached hydrogens (tertiary/aromatic N) is 1. The summed E-state index contributed by atoms with van der Waals surface area (Å²) in [5, 5.41) is 19.0. The molecule has 0 aliphatic heterocycles. The highest BCUT2D eigenvalue weighted by Crippen LogP contribution is 2.20. The Balaban J connectivity index is 2.15. The lowest BCUT2D eigenvalue weighted by atomic mass is 10.1. The van der Waals surface area contributed by atoms with Crippen LogP contribution in [-0.4, -0.2) is 16.7 Å². The summed E-state index contributed by atoms with van der Waals surface area (Å²) < 4.78 is 5.64. The van der Waals surface area contributed by atoms with Gasteiger partial charge in [-0.2, -0.15) is 5.26 Å². The number of nitriles is 1. The van der Waals surface area contributed by atoms with E-state index in [-0.39, 0.29) is 12.4 Å². The van der Waals surface area contributed by atoms with Crippen LogP contribution in [0.3, 0.4) is 0 Å². The van der Waals surface area contributed by atoms with Crippen LogP contribution in [0.2, 0.25) is 0 Å². The van der Waals surface area contributed by atoms with Crippen LogP contribution in [0.1, 0.15) is 23.6 Å². The number of aliphatic hydroxyl groups is 1. The second-order valence-corrected chi connectivity index (χ2v) is 5.04. The summed E-state index contributed by atoms with van der Waals surface area (Å²) in [6.45, 7) is 1.34. The molecule has 0 amide bonds. The van der Waals surface area contributed by atoms with E-state index in [2.05, 4.69) is 6.07 Å². The maximum atomic E-state index is 11.3. The normalized spacial score (nSPS) is 10.8. The molecule has 2 aromatic carbocycles. The average molecular weight is 321 g/mol. The highest BCUT2D eigenvalue weighted by Gasteiger charge is 2.09. The fourth-order valence-corrected chi connectivity index (χ4v) is 1.97. The summed E-state index contributed by atoms with van der Waals surface area (Å²) in [5.74, 6) is -1.27. The number of benzene rings is 2. The number of hydrogen-bond donors (Lipinski definition) is 1. The maximum Gasteiger partial charge on any atom is 0.224 e. The standard InChI is InChI=1S/C19H15NO4/c1-13(21)18(22)10-19(23)14-7-4-8-17(9-14)24-12-16-6-3-2-5-15(16)11-20/h2-10,23H,12H2,1H3. The van der Waals surface area contributed by atoms with Gasteiger partial charge in [0.1, 0.15) is 18.1 Å². The van der Waals surface area contributed by atoms with Gasteiger partial charge < -0.3 is 9.84 Å². The van der Waals surface area contributed by atoms with Gasteiger partial charge in [-0.25, -0.2) is 0 Å². The highest BCUT2D eigenvalue weighted by atomic mass is 16.5. The lowest BCUT2D eigenvalue weighted by Gasteiger charge is -2.09. The minimum absolute atomic E-state index is 0.198. The van der Waals surface area contributed by atoms with Gasteiger partial charge in [-0.15, -0.1) is 0 Å². The molecular weight excluding hydrogens is 306 g/mol. The molecule has 24 heavy (non-hydrogen) atoms. The molecule has 0 fully saturated rings. The van der Waals surface area contributed by atoms with Crippen LogP contribution >= 0.6 is 0 Å². The average Bonchev–Trinajstić information content (AvgIpc) is 2.60. The fourth-order valence-electron chi connectivity index (χ4n) is 1.97. The number of Topliss-reactive ketones (excluding diaryl/α,β-unsaturated/α-hetero) is 1. The lowest BCUT2D eigenvalue weighted by molar-refractivity contribution is -0.132. The molecule has 2 aromatic rings. The van der Waals surface area contributed by atoms with Crippen LogP contribution in [0.4, 0.5) is 0 Å². The Labute approximate surface area is 139 Å². The zero-order chi connectivity index (χ0) is 17.5. The molecule has 1 N–H and O–H groups in total. The van der Waals surface area contributed by atoms with Crippen molar-refractivity contribution in [2.45, 2.75) is 13.5 Å². The molecular formula is C19H15NO4. The molecule has 5 nitrogen and oxygen atoms in total. The van der Waals surface area contributed by atoms with Crippen LogP contribution in [-0.2, 0) is 16.2 Å². The molecule has 0 aliphatic rings. The monoisotopic (exact) mass is 321 g/mol. The van der Waals surface area contributed by atoms with E-state index in [4.69, 9.17) is 10.00 Å². The van der Waals surface area contributed by atoms with E-state index in [1.54, 1.807) is 42.5 Å². The third-order valence-electron chi connectivity index (χ3n) is 3.28. The van der Waals surface area contributed by atoms with Crippen LogP contribution in [0.15, 0.2) is 54.6 Å². The third kappa shape index (κ3) is 4.31. The highest BCUT2D eigenvalue weighted by molar-refractivity contribution is 6.41. The number of rotatable bonds is 6. The molecule has 5 heteroatoms. The first-order chi connectivity index (χ1) is 11.5. The van der Waals surface area contributed by atoms with Crippen LogP contribution < -0.4 is 4.74 Å². The van der Waals surface area contributed by atoms with Crippen molar-refractivity contribution in [3.8, 4) is 11.8 Å². The van der Waals surface area contributed by atoms with Gasteiger partial charge in [0.05, 0.1) is 11.6 Å². The van der Waals surface area contributed by atoms with Crippen molar-refractivity contribution >= 4 is 17.3 Å². The van der Waals surface area contributed by atoms with Crippen LogP contribution in [0.5, 0.6) is 5.75 Å². The van der Waals surface area contributed by atoms with Gasteiger partial charge in [-0.3, -0.25) is 9.59 Å². The van der Waals surface area contributed by atoms with E-state index >= 15 is 0 Å². The van der Waals surface area contributed by atoms with Crippen molar-refractivity contribution in [2.24, 2.45) is 0 Å². The van der Waals surface area contributed by atoms with E-state index in [1.807, 2.05) is 6.07 Å². The number of ether oxygens (including phenoxy) is 1. The molecule has 0 saturated carbocycles. The molecule has 0 aromatic heterocycles. The second-order valence-electron chi connectivity index (χ2n) is 5.04. The fraction of sp³-hybridized carbons (Fsp3) is 0.105. The van der Waals surface area contributed by atoms with E-state index in [9.17, 15) is 14.7 Å². The predicted molar refractivity (Wildman–Crippen MR) is 88.2 cm³/mol. The molecule has 0 aliphatic carbocycles. The summed E-state index contributed by atoms with van der Waals surface area (Å²) in [5.41, 5.74) is 1.64. The topological polar surface area (TPSA) is 87.4 Å². The molecule has 0 bridgehead atoms. The number of allylic oxidation sites excluding steroid dienone is 1. The summed E-state index contributed by atoms with van der Waals surface area (Å²) in [7, 11) is 0. The third-order valence-corrected chi connectivity index (χ3v) is 3.28. The first-order valence-corrected chi connectivity index (χ1v) is 7.18. The summed E-state index contributed by atoms with van der Waals surface area (Å²) in [6.07, 6.45) is 0.881. The maximum absolute atomic E-state index is 11.3. The van der Waals surface area contributed by atoms with Crippen molar-refractivity contribution in [1.82, 2.24) is 0 Å². The lowest BCUT2D eigenvalue weighted by Crippen LogP contribution is -2.06. The molecule has 0 atom stereocenters. The summed E-state index contributed by atoms with van der Waals surface area (Å²) >= 11 is 0. The number of ketones is 2. The van der Waals surface area contributed by atoms with Crippen LogP contribution in [0, 0.1) is 11.3 Å². The van der Waals surface area contributed by atoms with Crippen molar-refractivity contribution in [3.05, 3.63) is 71.3 Å². The predicted octanol–water partition coefficient (Wildman–Crippen LogP) is 3.19. The Hall–Kier alpha value is -3.39. The zero-order valence-corrected chi connectivity index (χ0v) is 13.0. The smallest absolute Gasteiger partial charge is 0.224 e. The van der Waals surface area contributed by atoms with Gasteiger partial charge in [-0.1, -0.05) is 30.3 Å². The van der Waals surface area contributed by atoms with Gasteiger partial charge in [0.15, 0.2) is 5.78 Å². The zero-order valence-electron chi connectivity index (χ0n) is 13.0. The van der Waals surface area contributed by atoms with E-state index in [1.165, 1.54) is 0 Å². The summed E-state index contributed by atoms with van der Waals surface area (Å²) in [4.78, 5) is 22.3. The minimum atomic E-state index is -0.776. The van der Waals surface area contributed by atoms with Gasteiger partial charge in [0.2, 0.25) is 5.78 Å². The number of aliphatic hydroxyl groups excluding tert-OH is 1. The Morgan fingerprint density at radius 1 is 1.21 bits per heavy atom. The van der Waals surface area contributed by atoms with Gasteiger partial charge in [0, 0.05) is 24.1 Å². The SMILES string of the molecule is CC(=O)C(=O)C=C(O)c1cccc(OCc2ccccc2C#N)c1. The van der Waals surface area contributed by atoms with Gasteiger partial charge >= 0.3 is 0 Å². The minimum Gasteiger partial charge on any atom is -0.507 e. The number of carbonyl (C=O) groups excluding carboxylic acids is 2. The van der Waals surface area contributed by atoms with Gasteiger partial charge in [0.25, 0.3) is 0 Å². The second kappa shape index (κ2) is 7.75. The Morgan fingerprint density at radius 3 is 2.67 bits per heavy atom. The largest absolute Gasteiger partial charge is 0.507 e. The summed E-state index contributed by atoms with van der Waals surface area (Å²) in [6, 6.07) is 15.7. The molecule has 0 spiro atoms. The van der Waals surface area contributed by atoms with Crippen molar-refractivity contribution in [2.75, 3.05) is 0 Å². The van der Waals surface area contributed by atoms with E-state index in [0.717, 1.165) is 18.6 Å². The molecule has 0 unspecified atom stereocenters.